The van der Waals surface area contributed by atoms with Crippen LogP contribution in [0.5, 0.6) is 5.75 Å². The first-order valence-corrected chi connectivity index (χ1v) is 16.1. The minimum Gasteiger partial charge on any atom is -0.494 e. The van der Waals surface area contributed by atoms with Crippen molar-refractivity contribution in [2.24, 2.45) is 10.1 Å². The molecule has 2 aliphatic heterocycles. The largest absolute Gasteiger partial charge is 0.494 e. The van der Waals surface area contributed by atoms with Gasteiger partial charge in [0.15, 0.2) is 21.5 Å². The second kappa shape index (κ2) is 13.9. The molecule has 3 aromatic carbocycles. The van der Waals surface area contributed by atoms with Gasteiger partial charge in [-0.15, -0.1) is 0 Å². The van der Waals surface area contributed by atoms with Crippen molar-refractivity contribution in [1.82, 2.24) is 10.4 Å². The molecule has 13 heteroatoms. The second-order valence-electron chi connectivity index (χ2n) is 10.6. The Labute approximate surface area is 255 Å². The van der Waals surface area contributed by atoms with E-state index >= 15 is 0 Å². The minimum absolute atomic E-state index is 0.0169. The van der Waals surface area contributed by atoms with Crippen molar-refractivity contribution in [3.05, 3.63) is 100 Å². The number of benzene rings is 3. The molecule has 0 spiro atoms. The first-order chi connectivity index (χ1) is 21.4. The van der Waals surface area contributed by atoms with E-state index in [9.17, 15) is 18.7 Å². The first kappa shape index (κ1) is 31.0. The fraction of sp³-hybridized carbons (Fsp3) is 0.355. The molecule has 2 aliphatic rings. The van der Waals surface area contributed by atoms with Crippen molar-refractivity contribution in [1.29, 1.82) is 0 Å². The molecular weight excluding hydrogens is 584 g/mol. The number of hydrazine groups is 1. The molecule has 1 amide bonds. The Morgan fingerprint density at radius 2 is 1.80 bits per heavy atom. The number of aliphatic hydroxyl groups is 1. The molecule has 3 aromatic rings. The summed E-state index contributed by atoms with van der Waals surface area (Å²) >= 11 is 0. The fourth-order valence-corrected chi connectivity index (χ4v) is 6.69. The number of sulfone groups is 1. The van der Waals surface area contributed by atoms with Gasteiger partial charge in [0.1, 0.15) is 5.75 Å². The zero-order valence-electron chi connectivity index (χ0n) is 24.1. The molecule has 2 N–H and O–H groups in total. The van der Waals surface area contributed by atoms with E-state index in [1.807, 2.05) is 0 Å². The molecule has 0 aliphatic carbocycles. The van der Waals surface area contributed by atoms with Gasteiger partial charge in [-0.3, -0.25) is 10.2 Å². The summed E-state index contributed by atoms with van der Waals surface area (Å²) in [6.07, 6.45) is 1.01. The lowest BCUT2D eigenvalue weighted by atomic mass is 9.84. The monoisotopic (exact) mass is 618 g/mol. The standard InChI is InChI=1S/C31H34N6O6S/c32-36-34-27-12-5-4-11-26(27)28-31(30(39)35-37-18-6-7-19-37,17-22-44(40,41)25-9-2-1-3-10-25)33-29(43-28)23-13-15-24(16-14-23)42-21-8-20-38/h1-5,9-16,28,38H,6-8,17-22H2,(H,35,39)/t28-,31-/m0/s1. The summed E-state index contributed by atoms with van der Waals surface area (Å²) in [5, 5.41) is 14.7. The zero-order chi connectivity index (χ0) is 31.0. The van der Waals surface area contributed by atoms with Crippen molar-refractivity contribution >= 4 is 27.3 Å². The van der Waals surface area contributed by atoms with Gasteiger partial charge in [-0.25, -0.2) is 18.4 Å². The van der Waals surface area contributed by atoms with E-state index < -0.39 is 27.4 Å². The molecule has 0 aromatic heterocycles. The van der Waals surface area contributed by atoms with Crippen molar-refractivity contribution in [2.75, 3.05) is 32.1 Å². The van der Waals surface area contributed by atoms with Crippen molar-refractivity contribution in [3.8, 4) is 5.75 Å². The number of carbonyl (C=O) groups excluding carboxylic acids is 1. The maximum Gasteiger partial charge on any atom is 0.266 e. The number of nitrogens with one attached hydrogen (secondary N) is 1. The van der Waals surface area contributed by atoms with E-state index in [1.165, 1.54) is 12.1 Å². The van der Waals surface area contributed by atoms with Crippen LogP contribution >= 0.6 is 0 Å². The zero-order valence-corrected chi connectivity index (χ0v) is 24.9. The van der Waals surface area contributed by atoms with Gasteiger partial charge in [-0.1, -0.05) is 47.6 Å². The summed E-state index contributed by atoms with van der Waals surface area (Å²) in [4.78, 5) is 22.3. The highest BCUT2D eigenvalue weighted by molar-refractivity contribution is 7.91. The lowest BCUT2D eigenvalue weighted by Gasteiger charge is -2.32. The molecule has 44 heavy (non-hydrogen) atoms. The average molecular weight is 619 g/mol. The second-order valence-corrected chi connectivity index (χ2v) is 12.7. The number of aliphatic hydroxyl groups excluding tert-OH is 1. The van der Waals surface area contributed by atoms with Gasteiger partial charge in [-0.2, -0.15) is 0 Å². The third kappa shape index (κ3) is 6.87. The van der Waals surface area contributed by atoms with E-state index in [2.05, 4.69) is 15.5 Å². The molecule has 2 heterocycles. The Hall–Kier alpha value is -4.42. The number of hydrogen-bond acceptors (Lipinski definition) is 9. The van der Waals surface area contributed by atoms with Gasteiger partial charge in [-0.05, 0) is 54.8 Å². The number of hydrogen-bond donors (Lipinski definition) is 2. The highest BCUT2D eigenvalue weighted by Gasteiger charge is 2.54. The van der Waals surface area contributed by atoms with Crippen molar-refractivity contribution in [2.45, 2.75) is 42.2 Å². The molecular formula is C31H34N6O6S. The fourth-order valence-electron chi connectivity index (χ4n) is 5.30. The summed E-state index contributed by atoms with van der Waals surface area (Å²) in [6.45, 7) is 1.67. The van der Waals surface area contributed by atoms with E-state index in [4.69, 9.17) is 19.6 Å². The Kier molecular flexibility index (Phi) is 9.81. The Morgan fingerprint density at radius 1 is 1.09 bits per heavy atom. The summed E-state index contributed by atoms with van der Waals surface area (Å²) < 4.78 is 39.1. The smallest absolute Gasteiger partial charge is 0.266 e. The molecule has 0 radical (unpaired) electrons. The molecule has 5 rings (SSSR count). The summed E-state index contributed by atoms with van der Waals surface area (Å²) in [5.74, 6) is -0.177. The van der Waals surface area contributed by atoms with Crippen molar-refractivity contribution < 1.29 is 27.8 Å². The van der Waals surface area contributed by atoms with Crippen LogP contribution in [0.15, 0.2) is 93.9 Å². The predicted octanol–water partition coefficient (Wildman–Crippen LogP) is 4.64. The third-order valence-corrected chi connectivity index (χ3v) is 9.35. The summed E-state index contributed by atoms with van der Waals surface area (Å²) in [6, 6.07) is 21.7. The first-order valence-electron chi connectivity index (χ1n) is 14.4. The highest BCUT2D eigenvalue weighted by Crippen LogP contribution is 2.46. The van der Waals surface area contributed by atoms with E-state index in [0.717, 1.165) is 12.8 Å². The van der Waals surface area contributed by atoms with E-state index in [-0.39, 0.29) is 35.3 Å². The van der Waals surface area contributed by atoms with Crippen LogP contribution in [0.4, 0.5) is 5.69 Å². The molecule has 230 valence electrons. The number of nitrogens with zero attached hydrogens (tertiary/aromatic N) is 5. The minimum atomic E-state index is -3.81. The number of azide groups is 1. The number of carbonyl (C=O) groups is 1. The summed E-state index contributed by atoms with van der Waals surface area (Å²) in [5.41, 5.74) is 11.7. The Bertz CT molecular complexity index is 1640. The number of aliphatic imine (C=N–C) groups is 1. The van der Waals surface area contributed by atoms with Crippen LogP contribution in [0.3, 0.4) is 0 Å². The molecule has 1 fully saturated rings. The predicted molar refractivity (Wildman–Crippen MR) is 164 cm³/mol. The van der Waals surface area contributed by atoms with Gasteiger partial charge >= 0.3 is 0 Å². The maximum atomic E-state index is 14.3. The molecule has 12 nitrogen and oxygen atoms in total. The van der Waals surface area contributed by atoms with Crippen LogP contribution in [0.2, 0.25) is 0 Å². The molecule has 2 atom stereocenters. The Balaban J connectivity index is 1.59. The molecule has 0 bridgehead atoms. The summed E-state index contributed by atoms with van der Waals surface area (Å²) in [7, 11) is -3.81. The average Bonchev–Trinajstić information content (AvgIpc) is 3.70. The third-order valence-electron chi connectivity index (χ3n) is 7.62. The van der Waals surface area contributed by atoms with Gasteiger partial charge in [0.05, 0.1) is 17.3 Å². The van der Waals surface area contributed by atoms with Gasteiger partial charge < -0.3 is 14.6 Å². The van der Waals surface area contributed by atoms with Crippen LogP contribution in [0.1, 0.15) is 42.9 Å². The van der Waals surface area contributed by atoms with Crippen LogP contribution in [0, 0.1) is 0 Å². The lowest BCUT2D eigenvalue weighted by molar-refractivity contribution is -0.133. The normalized spacial score (nSPS) is 19.9. The van der Waals surface area contributed by atoms with Crippen LogP contribution in [0.25, 0.3) is 10.4 Å². The van der Waals surface area contributed by atoms with Crippen molar-refractivity contribution in [3.63, 3.8) is 0 Å². The SMILES string of the molecule is [N-]=[N+]=Nc1ccccc1[C@@H]1OC(c2ccc(OCCCO)cc2)=N[C@]1(CCS(=O)(=O)c1ccccc1)C(=O)NN1CCCC1. The number of amides is 1. The Morgan fingerprint density at radius 3 is 2.50 bits per heavy atom. The lowest BCUT2D eigenvalue weighted by Crippen LogP contribution is -2.54. The van der Waals surface area contributed by atoms with E-state index in [0.29, 0.717) is 43.0 Å². The van der Waals surface area contributed by atoms with Gasteiger partial charge in [0, 0.05) is 54.3 Å². The number of rotatable bonds is 13. The van der Waals surface area contributed by atoms with Crippen LogP contribution in [-0.4, -0.2) is 67.9 Å². The molecule has 1 saturated heterocycles. The quantitative estimate of drug-likeness (QED) is 0.122. The topological polar surface area (TPSA) is 166 Å². The number of ether oxygens (including phenoxy) is 2. The maximum absolute atomic E-state index is 14.3. The van der Waals surface area contributed by atoms with Gasteiger partial charge in [0.2, 0.25) is 5.90 Å². The highest BCUT2D eigenvalue weighted by atomic mass is 32.2. The van der Waals surface area contributed by atoms with Crippen LogP contribution in [-0.2, 0) is 19.4 Å². The van der Waals surface area contributed by atoms with Crippen LogP contribution < -0.4 is 10.2 Å². The van der Waals surface area contributed by atoms with E-state index in [1.54, 1.807) is 71.7 Å². The molecule has 0 unspecified atom stereocenters. The van der Waals surface area contributed by atoms with Gasteiger partial charge in [0.25, 0.3) is 5.91 Å². The molecule has 0 saturated carbocycles.